The Balaban J connectivity index is 2.64. The summed E-state index contributed by atoms with van der Waals surface area (Å²) in [4.78, 5) is 4.37. The van der Waals surface area contributed by atoms with E-state index in [1.54, 1.807) is 12.1 Å². The summed E-state index contributed by atoms with van der Waals surface area (Å²) in [6, 6.07) is 4.36. The highest BCUT2D eigenvalue weighted by molar-refractivity contribution is 6.30. The molecule has 0 saturated carbocycles. The summed E-state index contributed by atoms with van der Waals surface area (Å²) in [5.74, 6) is 6.23. The van der Waals surface area contributed by atoms with Gasteiger partial charge in [0.25, 0.3) is 0 Å². The van der Waals surface area contributed by atoms with E-state index in [1.807, 2.05) is 20.8 Å². The Morgan fingerprint density at radius 1 is 1.32 bits per heavy atom. The van der Waals surface area contributed by atoms with Crippen LogP contribution in [0.25, 0.3) is 11.3 Å². The lowest BCUT2D eigenvalue weighted by molar-refractivity contribution is 0.532. The molecule has 0 aliphatic heterocycles. The minimum Gasteiger partial charge on any atom is -0.382 e. The molecule has 4 nitrogen and oxygen atoms in total. The van der Waals surface area contributed by atoms with Gasteiger partial charge in [-0.2, -0.15) is 0 Å². The third kappa shape index (κ3) is 2.38. The highest BCUT2D eigenvalue weighted by Gasteiger charge is 2.25. The molecule has 2 aromatic rings. The smallest absolute Gasteiger partial charge is 0.150 e. The minimum absolute atomic E-state index is 0.228. The van der Waals surface area contributed by atoms with E-state index in [2.05, 4.69) is 4.98 Å². The number of aromatic nitrogens is 2. The molecule has 6 heteroatoms. The maximum atomic E-state index is 13.9. The van der Waals surface area contributed by atoms with E-state index < -0.39 is 5.82 Å². The molecule has 0 radical (unpaired) electrons. The van der Waals surface area contributed by atoms with E-state index in [4.69, 9.17) is 23.2 Å². The number of benzene rings is 1. The van der Waals surface area contributed by atoms with Crippen LogP contribution >= 0.6 is 11.6 Å². The molecular formula is C13H16ClFN4. The lowest BCUT2D eigenvalue weighted by Gasteiger charge is -2.17. The van der Waals surface area contributed by atoms with Crippen molar-refractivity contribution < 1.29 is 4.39 Å². The van der Waals surface area contributed by atoms with Gasteiger partial charge in [-0.25, -0.2) is 14.1 Å². The second-order valence-electron chi connectivity index (χ2n) is 5.41. The van der Waals surface area contributed by atoms with Crippen LogP contribution in [-0.2, 0) is 5.41 Å². The van der Waals surface area contributed by atoms with Gasteiger partial charge in [0.05, 0.1) is 0 Å². The number of hydrogen-bond donors (Lipinski definition) is 2. The number of anilines is 1. The van der Waals surface area contributed by atoms with Crippen molar-refractivity contribution in [3.05, 3.63) is 34.9 Å². The fourth-order valence-electron chi connectivity index (χ4n) is 1.85. The molecule has 0 unspecified atom stereocenters. The van der Waals surface area contributed by atoms with E-state index in [0.717, 1.165) is 0 Å². The quantitative estimate of drug-likeness (QED) is 0.790. The Labute approximate surface area is 116 Å². The summed E-state index contributed by atoms with van der Waals surface area (Å²) in [5.41, 5.74) is 6.25. The average molecular weight is 283 g/mol. The van der Waals surface area contributed by atoms with Crippen LogP contribution in [0.2, 0.25) is 5.02 Å². The molecule has 1 heterocycles. The molecule has 0 saturated heterocycles. The fraction of sp³-hybridized carbons (Fsp3) is 0.308. The van der Waals surface area contributed by atoms with Crippen LogP contribution in [0.1, 0.15) is 26.6 Å². The molecule has 1 aromatic carbocycles. The standard InChI is InChI=1S/C13H16ClFN4/c1-13(2,3)12-18-10(11(16)19(12)17)8-5-4-7(14)6-9(8)15/h4-6H,16-17H2,1-3H3. The molecule has 0 fully saturated rings. The average Bonchev–Trinajstić information content (AvgIpc) is 2.56. The van der Waals surface area contributed by atoms with Gasteiger partial charge in [-0.05, 0) is 18.2 Å². The van der Waals surface area contributed by atoms with Crippen LogP contribution in [0, 0.1) is 5.82 Å². The summed E-state index contributed by atoms with van der Waals surface area (Å²) in [7, 11) is 0. The first-order chi connectivity index (χ1) is 8.71. The number of nitrogens with two attached hydrogens (primary N) is 2. The van der Waals surface area contributed by atoms with Gasteiger partial charge in [0.15, 0.2) is 5.82 Å². The first kappa shape index (κ1) is 13.7. The van der Waals surface area contributed by atoms with Crippen molar-refractivity contribution in [2.75, 3.05) is 11.6 Å². The minimum atomic E-state index is -0.474. The van der Waals surface area contributed by atoms with Crippen molar-refractivity contribution in [3.8, 4) is 11.3 Å². The Morgan fingerprint density at radius 3 is 2.42 bits per heavy atom. The summed E-state index contributed by atoms with van der Waals surface area (Å²) in [6.07, 6.45) is 0. The topological polar surface area (TPSA) is 69.9 Å². The molecule has 19 heavy (non-hydrogen) atoms. The van der Waals surface area contributed by atoms with Crippen molar-refractivity contribution in [2.45, 2.75) is 26.2 Å². The second-order valence-corrected chi connectivity index (χ2v) is 5.85. The summed E-state index contributed by atoms with van der Waals surface area (Å²) in [6.45, 7) is 5.88. The number of imidazole rings is 1. The van der Waals surface area contributed by atoms with Crippen molar-refractivity contribution in [1.82, 2.24) is 9.66 Å². The van der Waals surface area contributed by atoms with Crippen LogP contribution in [0.5, 0.6) is 0 Å². The van der Waals surface area contributed by atoms with Crippen LogP contribution in [0.15, 0.2) is 18.2 Å². The predicted octanol–water partition coefficient (Wildman–Crippen LogP) is 2.94. The van der Waals surface area contributed by atoms with Crippen molar-refractivity contribution in [2.24, 2.45) is 0 Å². The molecule has 0 atom stereocenters. The Morgan fingerprint density at radius 2 is 1.95 bits per heavy atom. The first-order valence-electron chi connectivity index (χ1n) is 5.81. The van der Waals surface area contributed by atoms with Gasteiger partial charge in [0, 0.05) is 16.0 Å². The van der Waals surface area contributed by atoms with E-state index in [-0.39, 0.29) is 16.8 Å². The lowest BCUT2D eigenvalue weighted by Crippen LogP contribution is -2.24. The molecule has 102 valence electrons. The van der Waals surface area contributed by atoms with E-state index >= 15 is 0 Å². The maximum absolute atomic E-state index is 13.9. The zero-order valence-electron chi connectivity index (χ0n) is 11.0. The zero-order valence-corrected chi connectivity index (χ0v) is 11.8. The number of halogens is 2. The monoisotopic (exact) mass is 282 g/mol. The van der Waals surface area contributed by atoms with Gasteiger partial charge in [-0.15, -0.1) is 0 Å². The third-order valence-electron chi connectivity index (χ3n) is 2.81. The van der Waals surface area contributed by atoms with Gasteiger partial charge in [-0.3, -0.25) is 0 Å². The van der Waals surface area contributed by atoms with Crippen LogP contribution < -0.4 is 11.6 Å². The van der Waals surface area contributed by atoms with Gasteiger partial charge < -0.3 is 11.6 Å². The van der Waals surface area contributed by atoms with E-state index in [0.29, 0.717) is 16.5 Å². The van der Waals surface area contributed by atoms with Gasteiger partial charge in [0.2, 0.25) is 0 Å². The Hall–Kier alpha value is -1.75. The van der Waals surface area contributed by atoms with Gasteiger partial charge in [0.1, 0.15) is 17.3 Å². The molecule has 1 aromatic heterocycles. The number of hydrogen-bond acceptors (Lipinski definition) is 3. The van der Waals surface area contributed by atoms with Gasteiger partial charge >= 0.3 is 0 Å². The fourth-order valence-corrected chi connectivity index (χ4v) is 2.01. The molecule has 0 aliphatic carbocycles. The van der Waals surface area contributed by atoms with Gasteiger partial charge in [-0.1, -0.05) is 32.4 Å². The van der Waals surface area contributed by atoms with Crippen molar-refractivity contribution in [1.29, 1.82) is 0 Å². The second kappa shape index (κ2) is 4.42. The van der Waals surface area contributed by atoms with Crippen LogP contribution in [0.3, 0.4) is 0 Å². The SMILES string of the molecule is CC(C)(C)c1nc(-c2ccc(Cl)cc2F)c(N)n1N. The first-order valence-corrected chi connectivity index (χ1v) is 6.19. The molecule has 0 bridgehead atoms. The zero-order chi connectivity index (χ0) is 14.4. The molecule has 2 rings (SSSR count). The Bertz CT molecular complexity index is 628. The van der Waals surface area contributed by atoms with Crippen LogP contribution in [-0.4, -0.2) is 9.66 Å². The normalized spacial score (nSPS) is 11.8. The molecule has 0 spiro atoms. The molecular weight excluding hydrogens is 267 g/mol. The van der Waals surface area contributed by atoms with Crippen molar-refractivity contribution >= 4 is 17.4 Å². The number of nitrogens with zero attached hydrogens (tertiary/aromatic N) is 2. The summed E-state index contributed by atoms with van der Waals surface area (Å²) in [5, 5.41) is 0.322. The molecule has 0 amide bonds. The van der Waals surface area contributed by atoms with E-state index in [1.165, 1.54) is 10.7 Å². The predicted molar refractivity (Wildman–Crippen MR) is 75.9 cm³/mol. The molecule has 0 aliphatic rings. The summed E-state index contributed by atoms with van der Waals surface area (Å²) >= 11 is 5.73. The number of rotatable bonds is 1. The van der Waals surface area contributed by atoms with Crippen molar-refractivity contribution in [3.63, 3.8) is 0 Å². The van der Waals surface area contributed by atoms with Crippen LogP contribution in [0.4, 0.5) is 10.2 Å². The van der Waals surface area contributed by atoms with E-state index in [9.17, 15) is 4.39 Å². The largest absolute Gasteiger partial charge is 0.382 e. The highest BCUT2D eigenvalue weighted by atomic mass is 35.5. The lowest BCUT2D eigenvalue weighted by atomic mass is 9.96. The Kier molecular flexibility index (Phi) is 3.18. The number of nitrogen functional groups attached to an aromatic ring is 2. The highest BCUT2D eigenvalue weighted by Crippen LogP contribution is 2.32. The third-order valence-corrected chi connectivity index (χ3v) is 3.04. The maximum Gasteiger partial charge on any atom is 0.150 e. The molecule has 4 N–H and O–H groups in total. The summed E-state index contributed by atoms with van der Waals surface area (Å²) < 4.78 is 15.2.